The van der Waals surface area contributed by atoms with Gasteiger partial charge in [0, 0.05) is 12.8 Å². The highest BCUT2D eigenvalue weighted by Crippen LogP contribution is 2.68. The largest absolute Gasteiger partial charge is 0.466 e. The van der Waals surface area contributed by atoms with Crippen LogP contribution in [0.2, 0.25) is 0 Å². The van der Waals surface area contributed by atoms with Gasteiger partial charge >= 0.3 is 5.97 Å². The molecular weight excluding hydrogens is 721 g/mol. The fourth-order valence-electron chi connectivity index (χ4n) is 12.2. The van der Waals surface area contributed by atoms with Crippen molar-refractivity contribution in [2.75, 3.05) is 6.61 Å². The molecule has 0 aliphatic heterocycles. The van der Waals surface area contributed by atoms with Crippen LogP contribution in [0.15, 0.2) is 103 Å². The Morgan fingerprint density at radius 1 is 0.741 bits per heavy atom. The second kappa shape index (κ2) is 19.0. The summed E-state index contributed by atoms with van der Waals surface area (Å²) in [6, 6.07) is 31.9. The van der Waals surface area contributed by atoms with E-state index >= 15 is 0 Å². The summed E-state index contributed by atoms with van der Waals surface area (Å²) in [6.45, 7) is 15.4. The number of fused-ring (bicyclic) bond motifs is 5. The van der Waals surface area contributed by atoms with Crippen molar-refractivity contribution in [1.82, 2.24) is 0 Å². The van der Waals surface area contributed by atoms with E-state index in [-0.39, 0.29) is 46.9 Å². The Morgan fingerprint density at radius 2 is 1.31 bits per heavy atom. The van der Waals surface area contributed by atoms with Crippen molar-refractivity contribution in [2.24, 2.45) is 52.3 Å². The standard InChI is InChI=1S/C52H70O6/c1-35(2)41(26-29-55-37(4)53)30-47(54)36(3)43-22-23-44-48-45(25-28-51(43,44)5)52(6)27-24-42(56-32-38-16-10-7-11-17-38)31-46(52)49(57-33-39-18-12-8-13-19-39)50(48)58-34-40-20-14-9-15-21-40/h7-22,35-36,41-42,44-50,54H,23-34H2,1-6H3/t36?,41?,42?,44?,45?,46?,47?,48?,49?,50?,51-,52-/m1/s1. The van der Waals surface area contributed by atoms with Crippen LogP contribution in [-0.4, -0.2) is 42.1 Å². The number of aliphatic hydroxyl groups excluding tert-OH is 1. The number of aliphatic hydroxyl groups is 1. The summed E-state index contributed by atoms with van der Waals surface area (Å²) >= 11 is 0. The summed E-state index contributed by atoms with van der Waals surface area (Å²) < 4.78 is 26.7. The molecule has 6 nitrogen and oxygen atoms in total. The lowest BCUT2D eigenvalue weighted by Gasteiger charge is -2.65. The topological polar surface area (TPSA) is 74.2 Å². The molecule has 0 saturated heterocycles. The molecule has 12 atom stereocenters. The summed E-state index contributed by atoms with van der Waals surface area (Å²) in [5, 5.41) is 12.0. The van der Waals surface area contributed by atoms with Crippen LogP contribution in [0.5, 0.6) is 0 Å². The fourth-order valence-corrected chi connectivity index (χ4v) is 12.2. The third-order valence-electron chi connectivity index (χ3n) is 15.5. The number of ether oxygens (including phenoxy) is 4. The van der Waals surface area contributed by atoms with Crippen LogP contribution >= 0.6 is 0 Å². The zero-order valence-electron chi connectivity index (χ0n) is 36.1. The van der Waals surface area contributed by atoms with Gasteiger partial charge in [-0.2, -0.15) is 0 Å². The number of carbonyl (C=O) groups is 1. The molecule has 3 saturated carbocycles. The van der Waals surface area contributed by atoms with Crippen molar-refractivity contribution in [1.29, 1.82) is 0 Å². The van der Waals surface area contributed by atoms with Crippen LogP contribution in [0, 0.1) is 52.3 Å². The summed E-state index contributed by atoms with van der Waals surface area (Å²) in [5.74, 6) is 1.98. The van der Waals surface area contributed by atoms with Crippen LogP contribution < -0.4 is 0 Å². The van der Waals surface area contributed by atoms with Crippen molar-refractivity contribution >= 4 is 5.97 Å². The maximum Gasteiger partial charge on any atom is 0.302 e. The summed E-state index contributed by atoms with van der Waals surface area (Å²) in [6.07, 6.45) is 9.97. The van der Waals surface area contributed by atoms with E-state index in [4.69, 9.17) is 18.9 Å². The molecule has 0 spiro atoms. The second-order valence-electron chi connectivity index (χ2n) is 19.2. The average Bonchev–Trinajstić information content (AvgIpc) is 3.58. The molecule has 4 aliphatic carbocycles. The molecule has 3 aromatic rings. The molecule has 7 rings (SSSR count). The van der Waals surface area contributed by atoms with Crippen molar-refractivity contribution in [3.8, 4) is 0 Å². The van der Waals surface area contributed by atoms with Crippen LogP contribution in [0.25, 0.3) is 0 Å². The molecule has 6 heteroatoms. The summed E-state index contributed by atoms with van der Waals surface area (Å²) in [5.41, 5.74) is 5.08. The summed E-state index contributed by atoms with van der Waals surface area (Å²) in [7, 11) is 0. The Balaban J connectivity index is 1.18. The van der Waals surface area contributed by atoms with E-state index in [1.165, 1.54) is 29.2 Å². The highest BCUT2D eigenvalue weighted by molar-refractivity contribution is 5.65. The maximum atomic E-state index is 12.0. The SMILES string of the molecule is CC(=O)OCCC(CC(O)C(C)C1=CCC2C3C(OCc4ccccc4)C(OCc4ccccc4)C4CC(OCc5ccccc5)CC[C@]4(C)C3CC[C@]12C)C(C)C. The zero-order valence-corrected chi connectivity index (χ0v) is 36.1. The Morgan fingerprint density at radius 3 is 1.88 bits per heavy atom. The molecule has 10 unspecified atom stereocenters. The van der Waals surface area contributed by atoms with Crippen molar-refractivity contribution in [2.45, 2.75) is 137 Å². The molecule has 0 heterocycles. The Labute approximate surface area is 349 Å². The van der Waals surface area contributed by atoms with E-state index < -0.39 is 6.10 Å². The van der Waals surface area contributed by atoms with Crippen LogP contribution in [0.4, 0.5) is 0 Å². The molecule has 58 heavy (non-hydrogen) atoms. The Hall–Kier alpha value is -3.29. The molecule has 0 bridgehead atoms. The van der Waals surface area contributed by atoms with Gasteiger partial charge in [0.25, 0.3) is 0 Å². The van der Waals surface area contributed by atoms with Gasteiger partial charge in [-0.15, -0.1) is 0 Å². The number of hydrogen-bond donors (Lipinski definition) is 1. The third-order valence-corrected chi connectivity index (χ3v) is 15.5. The lowest BCUT2D eigenvalue weighted by molar-refractivity contribution is -0.252. The predicted octanol–water partition coefficient (Wildman–Crippen LogP) is 11.2. The normalized spacial score (nSPS) is 32.0. The molecular formula is C52H70O6. The van der Waals surface area contributed by atoms with Gasteiger partial charge in [0.05, 0.1) is 50.8 Å². The van der Waals surface area contributed by atoms with Gasteiger partial charge < -0.3 is 24.1 Å². The minimum absolute atomic E-state index is 0.0375. The first-order valence-corrected chi connectivity index (χ1v) is 22.5. The number of allylic oxidation sites excluding steroid dienone is 1. The Bertz CT molecular complexity index is 1780. The first-order valence-electron chi connectivity index (χ1n) is 22.5. The van der Waals surface area contributed by atoms with E-state index in [0.29, 0.717) is 62.4 Å². The molecule has 3 aromatic carbocycles. The maximum absolute atomic E-state index is 12.0. The van der Waals surface area contributed by atoms with Gasteiger partial charge in [-0.1, -0.05) is 137 Å². The molecule has 0 aromatic heterocycles. The van der Waals surface area contributed by atoms with Gasteiger partial charge in [-0.3, -0.25) is 4.79 Å². The lowest BCUT2D eigenvalue weighted by Crippen LogP contribution is -2.65. The van der Waals surface area contributed by atoms with E-state index in [2.05, 4.69) is 132 Å². The van der Waals surface area contributed by atoms with E-state index in [1.54, 1.807) is 0 Å². The molecule has 314 valence electrons. The fraction of sp³-hybridized carbons (Fsp3) is 0.596. The first-order chi connectivity index (χ1) is 28.0. The van der Waals surface area contributed by atoms with E-state index in [0.717, 1.165) is 44.9 Å². The molecule has 0 radical (unpaired) electrons. The monoisotopic (exact) mass is 791 g/mol. The van der Waals surface area contributed by atoms with Crippen molar-refractivity contribution in [3.05, 3.63) is 119 Å². The zero-order chi connectivity index (χ0) is 40.9. The molecule has 1 N–H and O–H groups in total. The number of carbonyl (C=O) groups excluding carboxylic acids is 1. The number of hydrogen-bond acceptors (Lipinski definition) is 6. The highest BCUT2D eigenvalue weighted by atomic mass is 16.5. The van der Waals surface area contributed by atoms with Gasteiger partial charge in [0.1, 0.15) is 0 Å². The average molecular weight is 791 g/mol. The van der Waals surface area contributed by atoms with Gasteiger partial charge in [0.15, 0.2) is 0 Å². The third kappa shape index (κ3) is 9.36. The van der Waals surface area contributed by atoms with Gasteiger partial charge in [-0.05, 0) is 114 Å². The second-order valence-corrected chi connectivity index (χ2v) is 19.2. The quantitative estimate of drug-likeness (QED) is 0.108. The molecule has 0 amide bonds. The van der Waals surface area contributed by atoms with E-state index in [1.807, 2.05) is 0 Å². The number of rotatable bonds is 17. The van der Waals surface area contributed by atoms with E-state index in [9.17, 15) is 9.90 Å². The smallest absolute Gasteiger partial charge is 0.302 e. The summed E-state index contributed by atoms with van der Waals surface area (Å²) in [4.78, 5) is 11.5. The number of benzene rings is 3. The van der Waals surface area contributed by atoms with Crippen LogP contribution in [0.3, 0.4) is 0 Å². The van der Waals surface area contributed by atoms with Crippen molar-refractivity contribution < 1.29 is 28.8 Å². The molecule has 3 fully saturated rings. The minimum Gasteiger partial charge on any atom is -0.466 e. The minimum atomic E-state index is -0.462. The Kier molecular flexibility index (Phi) is 14.0. The van der Waals surface area contributed by atoms with Crippen molar-refractivity contribution in [3.63, 3.8) is 0 Å². The van der Waals surface area contributed by atoms with Gasteiger partial charge in [0.2, 0.25) is 0 Å². The predicted molar refractivity (Wildman–Crippen MR) is 230 cm³/mol. The van der Waals surface area contributed by atoms with Crippen LogP contribution in [0.1, 0.15) is 110 Å². The van der Waals surface area contributed by atoms with Gasteiger partial charge in [-0.25, -0.2) is 0 Å². The lowest BCUT2D eigenvalue weighted by atomic mass is 9.43. The van der Waals surface area contributed by atoms with Crippen LogP contribution in [-0.2, 0) is 43.6 Å². The number of esters is 1. The first kappa shape index (κ1) is 42.8. The highest BCUT2D eigenvalue weighted by Gasteiger charge is 2.65. The molecule has 4 aliphatic rings.